The number of rotatable bonds is 1. The van der Waals surface area contributed by atoms with E-state index in [1.54, 1.807) is 0 Å². The molecule has 1 aliphatic heterocycles. The molecule has 0 bridgehead atoms. The lowest BCUT2D eigenvalue weighted by atomic mass is 9.71. The SMILES string of the molecule is Cc1cc(C)c([C@@]2(O)C[C@@H](C)N(C)C[C@@H]2C)c(C)c1. The van der Waals surface area contributed by atoms with Crippen molar-refractivity contribution in [2.45, 2.75) is 52.7 Å². The standard InChI is InChI=1S/C17H27NO/c1-11-7-12(2)16(13(3)8-11)17(19)9-15(5)18(6)10-14(17)4/h7-8,14-15,19H,9-10H2,1-6H3/t14-,15+,17+/m0/s1. The van der Waals surface area contributed by atoms with E-state index in [-0.39, 0.29) is 5.92 Å². The molecule has 1 fully saturated rings. The van der Waals surface area contributed by atoms with Gasteiger partial charge in [0, 0.05) is 18.5 Å². The Balaban J connectivity index is 2.50. The largest absolute Gasteiger partial charge is 0.385 e. The first-order valence-corrected chi connectivity index (χ1v) is 7.26. The van der Waals surface area contributed by atoms with Gasteiger partial charge in [-0.15, -0.1) is 0 Å². The van der Waals surface area contributed by atoms with E-state index < -0.39 is 5.60 Å². The van der Waals surface area contributed by atoms with Crippen molar-refractivity contribution in [1.29, 1.82) is 0 Å². The van der Waals surface area contributed by atoms with E-state index in [0.29, 0.717) is 6.04 Å². The van der Waals surface area contributed by atoms with E-state index in [2.05, 4.69) is 58.7 Å². The van der Waals surface area contributed by atoms with Gasteiger partial charge in [-0.05, 0) is 57.9 Å². The molecule has 1 aromatic rings. The highest BCUT2D eigenvalue weighted by Crippen LogP contribution is 2.42. The van der Waals surface area contributed by atoms with Gasteiger partial charge in [0.25, 0.3) is 0 Å². The molecule has 19 heavy (non-hydrogen) atoms. The molecule has 0 radical (unpaired) electrons. The van der Waals surface area contributed by atoms with E-state index in [1.165, 1.54) is 16.7 Å². The Morgan fingerprint density at radius 2 is 1.68 bits per heavy atom. The van der Waals surface area contributed by atoms with E-state index in [0.717, 1.165) is 18.5 Å². The third kappa shape index (κ3) is 2.44. The highest BCUT2D eigenvalue weighted by atomic mass is 16.3. The molecule has 0 saturated carbocycles. The lowest BCUT2D eigenvalue weighted by Crippen LogP contribution is -2.52. The number of hydrogen-bond acceptors (Lipinski definition) is 2. The van der Waals surface area contributed by atoms with Crippen LogP contribution < -0.4 is 0 Å². The second kappa shape index (κ2) is 4.92. The molecule has 0 spiro atoms. The maximum atomic E-state index is 11.3. The first kappa shape index (κ1) is 14.5. The Kier molecular flexibility index (Phi) is 3.76. The van der Waals surface area contributed by atoms with Crippen molar-refractivity contribution in [3.63, 3.8) is 0 Å². The number of likely N-dealkylation sites (tertiary alicyclic amines) is 1. The minimum atomic E-state index is -0.687. The van der Waals surface area contributed by atoms with Gasteiger partial charge >= 0.3 is 0 Å². The number of nitrogens with zero attached hydrogens (tertiary/aromatic N) is 1. The highest BCUT2D eigenvalue weighted by molar-refractivity contribution is 5.42. The smallest absolute Gasteiger partial charge is 0.0954 e. The normalized spacial score (nSPS) is 32.6. The van der Waals surface area contributed by atoms with Gasteiger partial charge in [-0.1, -0.05) is 24.6 Å². The highest BCUT2D eigenvalue weighted by Gasteiger charge is 2.43. The van der Waals surface area contributed by atoms with Crippen molar-refractivity contribution in [1.82, 2.24) is 4.90 Å². The molecule has 106 valence electrons. The Morgan fingerprint density at radius 1 is 1.16 bits per heavy atom. The third-order valence-electron chi connectivity index (χ3n) is 4.85. The van der Waals surface area contributed by atoms with Gasteiger partial charge in [-0.2, -0.15) is 0 Å². The number of aryl methyl sites for hydroxylation is 3. The summed E-state index contributed by atoms with van der Waals surface area (Å²) in [5.74, 6) is 0.258. The molecule has 1 saturated heterocycles. The van der Waals surface area contributed by atoms with Crippen LogP contribution in [0.15, 0.2) is 12.1 Å². The first-order chi connectivity index (χ1) is 8.75. The summed E-state index contributed by atoms with van der Waals surface area (Å²) in [5.41, 5.74) is 4.20. The number of benzene rings is 1. The quantitative estimate of drug-likeness (QED) is 0.839. The lowest BCUT2D eigenvalue weighted by Gasteiger charge is -2.47. The van der Waals surface area contributed by atoms with Gasteiger partial charge in [0.1, 0.15) is 0 Å². The molecular formula is C17H27NO. The van der Waals surface area contributed by atoms with Crippen LogP contribution >= 0.6 is 0 Å². The zero-order valence-corrected chi connectivity index (χ0v) is 13.1. The Morgan fingerprint density at radius 3 is 2.21 bits per heavy atom. The van der Waals surface area contributed by atoms with Crippen molar-refractivity contribution in [2.24, 2.45) is 5.92 Å². The summed E-state index contributed by atoms with van der Waals surface area (Å²) in [7, 11) is 2.15. The van der Waals surface area contributed by atoms with Crippen LogP contribution in [0.1, 0.15) is 42.5 Å². The second-order valence-corrected chi connectivity index (χ2v) is 6.59. The van der Waals surface area contributed by atoms with Crippen molar-refractivity contribution < 1.29 is 5.11 Å². The molecule has 1 aliphatic rings. The summed E-state index contributed by atoms with van der Waals surface area (Å²) < 4.78 is 0. The fourth-order valence-electron chi connectivity index (χ4n) is 3.78. The molecule has 1 heterocycles. The fraction of sp³-hybridized carbons (Fsp3) is 0.647. The van der Waals surface area contributed by atoms with Gasteiger partial charge in [0.05, 0.1) is 5.60 Å². The molecule has 0 amide bonds. The molecule has 3 atom stereocenters. The van der Waals surface area contributed by atoms with Crippen LogP contribution in [0.4, 0.5) is 0 Å². The minimum Gasteiger partial charge on any atom is -0.385 e. The van der Waals surface area contributed by atoms with Crippen molar-refractivity contribution in [3.05, 3.63) is 34.4 Å². The maximum Gasteiger partial charge on any atom is 0.0954 e. The Labute approximate surface area is 117 Å². The summed E-state index contributed by atoms with van der Waals surface area (Å²) in [5, 5.41) is 11.3. The summed E-state index contributed by atoms with van der Waals surface area (Å²) >= 11 is 0. The predicted octanol–water partition coefficient (Wildman–Crippen LogP) is 3.16. The van der Waals surface area contributed by atoms with Crippen LogP contribution in [0.25, 0.3) is 0 Å². The monoisotopic (exact) mass is 261 g/mol. The van der Waals surface area contributed by atoms with Crippen LogP contribution in [0, 0.1) is 26.7 Å². The summed E-state index contributed by atoms with van der Waals surface area (Å²) in [6.07, 6.45) is 0.815. The van der Waals surface area contributed by atoms with Crippen LogP contribution in [0.3, 0.4) is 0 Å². The van der Waals surface area contributed by atoms with Gasteiger partial charge in [-0.3, -0.25) is 0 Å². The van der Waals surface area contributed by atoms with E-state index in [9.17, 15) is 5.11 Å². The van der Waals surface area contributed by atoms with Crippen LogP contribution in [0.2, 0.25) is 0 Å². The molecule has 1 aromatic carbocycles. The van der Waals surface area contributed by atoms with Crippen LogP contribution in [-0.4, -0.2) is 29.6 Å². The minimum absolute atomic E-state index is 0.258. The first-order valence-electron chi connectivity index (χ1n) is 7.26. The Bertz CT molecular complexity index is 459. The van der Waals surface area contributed by atoms with Crippen LogP contribution in [0.5, 0.6) is 0 Å². The van der Waals surface area contributed by atoms with Crippen molar-refractivity contribution >= 4 is 0 Å². The number of aliphatic hydroxyl groups is 1. The van der Waals surface area contributed by atoms with Gasteiger partial charge in [0.15, 0.2) is 0 Å². The molecule has 2 nitrogen and oxygen atoms in total. The van der Waals surface area contributed by atoms with E-state index in [4.69, 9.17) is 0 Å². The van der Waals surface area contributed by atoms with Gasteiger partial charge in [0.2, 0.25) is 0 Å². The van der Waals surface area contributed by atoms with Crippen molar-refractivity contribution in [3.8, 4) is 0 Å². The molecule has 0 aromatic heterocycles. The predicted molar refractivity (Wildman–Crippen MR) is 80.4 cm³/mol. The van der Waals surface area contributed by atoms with E-state index >= 15 is 0 Å². The molecule has 2 rings (SSSR count). The Hall–Kier alpha value is -0.860. The summed E-state index contributed by atoms with van der Waals surface area (Å²) in [4.78, 5) is 2.35. The number of hydrogen-bond donors (Lipinski definition) is 1. The second-order valence-electron chi connectivity index (χ2n) is 6.59. The fourth-order valence-corrected chi connectivity index (χ4v) is 3.78. The maximum absolute atomic E-state index is 11.3. The summed E-state index contributed by atoms with van der Waals surface area (Å²) in [6.45, 7) is 11.7. The zero-order valence-electron chi connectivity index (χ0n) is 13.1. The molecule has 0 unspecified atom stereocenters. The molecule has 2 heteroatoms. The van der Waals surface area contributed by atoms with Crippen molar-refractivity contribution in [2.75, 3.05) is 13.6 Å². The average Bonchev–Trinajstić information content (AvgIpc) is 2.25. The molecule has 0 aliphatic carbocycles. The topological polar surface area (TPSA) is 23.5 Å². The average molecular weight is 261 g/mol. The summed E-state index contributed by atoms with van der Waals surface area (Å²) in [6, 6.07) is 4.80. The third-order valence-corrected chi connectivity index (χ3v) is 4.85. The molecule has 1 N–H and O–H groups in total. The van der Waals surface area contributed by atoms with E-state index in [1.807, 2.05) is 0 Å². The van der Waals surface area contributed by atoms with Gasteiger partial charge in [-0.25, -0.2) is 0 Å². The number of piperidine rings is 1. The zero-order chi connectivity index (χ0) is 14.4. The van der Waals surface area contributed by atoms with Crippen LogP contribution in [-0.2, 0) is 5.60 Å². The molecular weight excluding hydrogens is 234 g/mol. The van der Waals surface area contributed by atoms with Gasteiger partial charge < -0.3 is 10.0 Å². The lowest BCUT2D eigenvalue weighted by molar-refractivity contribution is -0.0851.